The molecule has 1 heterocycles. The van der Waals surface area contributed by atoms with Crippen LogP contribution in [-0.4, -0.2) is 20.3 Å². The molecule has 2 aliphatic rings. The summed E-state index contributed by atoms with van der Waals surface area (Å²) in [6.45, 7) is 1.69. The zero-order chi connectivity index (χ0) is 12.6. The van der Waals surface area contributed by atoms with Gasteiger partial charge in [0, 0.05) is 18.1 Å². The van der Waals surface area contributed by atoms with Crippen molar-refractivity contribution in [2.24, 2.45) is 11.7 Å². The number of rotatable bonds is 2. The van der Waals surface area contributed by atoms with Gasteiger partial charge in [0.05, 0.1) is 13.7 Å². The zero-order valence-electron chi connectivity index (χ0n) is 10.9. The van der Waals surface area contributed by atoms with Crippen molar-refractivity contribution in [1.29, 1.82) is 0 Å². The van der Waals surface area contributed by atoms with Gasteiger partial charge in [-0.05, 0) is 48.9 Å². The van der Waals surface area contributed by atoms with Gasteiger partial charge < -0.3 is 15.2 Å². The third-order valence-corrected chi connectivity index (χ3v) is 4.52. The first-order chi connectivity index (χ1) is 8.74. The Morgan fingerprint density at radius 3 is 3.06 bits per heavy atom. The molecule has 1 aromatic rings. The quantitative estimate of drug-likeness (QED) is 0.871. The maximum absolute atomic E-state index is 6.73. The molecule has 1 fully saturated rings. The molecule has 1 saturated heterocycles. The van der Waals surface area contributed by atoms with Crippen LogP contribution in [0.15, 0.2) is 18.2 Å². The largest absolute Gasteiger partial charge is 0.497 e. The lowest BCUT2D eigenvalue weighted by atomic mass is 9.77. The first kappa shape index (κ1) is 12.0. The van der Waals surface area contributed by atoms with Gasteiger partial charge in [-0.15, -0.1) is 0 Å². The van der Waals surface area contributed by atoms with E-state index in [-0.39, 0.29) is 5.54 Å². The van der Waals surface area contributed by atoms with E-state index in [0.717, 1.165) is 38.2 Å². The monoisotopic (exact) mass is 247 g/mol. The lowest BCUT2D eigenvalue weighted by Gasteiger charge is -2.37. The highest BCUT2D eigenvalue weighted by molar-refractivity contribution is 5.44. The summed E-state index contributed by atoms with van der Waals surface area (Å²) in [4.78, 5) is 0. The third-order valence-electron chi connectivity index (χ3n) is 4.52. The molecule has 98 valence electrons. The molecule has 0 saturated carbocycles. The molecule has 1 aliphatic heterocycles. The van der Waals surface area contributed by atoms with E-state index in [1.54, 1.807) is 7.11 Å². The number of nitrogens with two attached hydrogens (primary N) is 1. The standard InChI is InChI=1S/C15H21NO2/c1-17-13-5-4-11-6-7-15(16,14(11)9-13)12-3-2-8-18-10-12/h4-5,9,12H,2-3,6-8,10,16H2,1H3. The number of aryl methyl sites for hydroxylation is 1. The molecule has 0 amide bonds. The molecule has 2 N–H and O–H groups in total. The number of fused-ring (bicyclic) bond motifs is 1. The lowest BCUT2D eigenvalue weighted by Crippen LogP contribution is -2.45. The van der Waals surface area contributed by atoms with Crippen molar-refractivity contribution in [3.63, 3.8) is 0 Å². The molecular formula is C15H21NO2. The zero-order valence-corrected chi connectivity index (χ0v) is 10.9. The third kappa shape index (κ3) is 1.82. The van der Waals surface area contributed by atoms with Crippen LogP contribution in [-0.2, 0) is 16.7 Å². The van der Waals surface area contributed by atoms with Crippen molar-refractivity contribution in [3.05, 3.63) is 29.3 Å². The van der Waals surface area contributed by atoms with Crippen molar-refractivity contribution < 1.29 is 9.47 Å². The summed E-state index contributed by atoms with van der Waals surface area (Å²) in [6.07, 6.45) is 4.41. The van der Waals surface area contributed by atoms with Crippen LogP contribution >= 0.6 is 0 Å². The second kappa shape index (κ2) is 4.56. The van der Waals surface area contributed by atoms with Crippen LogP contribution in [0.3, 0.4) is 0 Å². The molecule has 3 rings (SSSR count). The Morgan fingerprint density at radius 2 is 2.33 bits per heavy atom. The van der Waals surface area contributed by atoms with E-state index in [0.29, 0.717) is 5.92 Å². The predicted molar refractivity (Wildman–Crippen MR) is 70.7 cm³/mol. The average Bonchev–Trinajstić information content (AvgIpc) is 2.78. The van der Waals surface area contributed by atoms with Crippen molar-refractivity contribution in [3.8, 4) is 5.75 Å². The molecule has 0 bridgehead atoms. The highest BCUT2D eigenvalue weighted by Crippen LogP contribution is 2.44. The van der Waals surface area contributed by atoms with Gasteiger partial charge in [0.25, 0.3) is 0 Å². The summed E-state index contributed by atoms with van der Waals surface area (Å²) in [7, 11) is 1.71. The van der Waals surface area contributed by atoms with Crippen LogP contribution in [0.25, 0.3) is 0 Å². The summed E-state index contributed by atoms with van der Waals surface area (Å²) >= 11 is 0. The molecule has 2 atom stereocenters. The second-order valence-corrected chi connectivity index (χ2v) is 5.48. The fourth-order valence-corrected chi connectivity index (χ4v) is 3.38. The Morgan fingerprint density at radius 1 is 1.44 bits per heavy atom. The molecule has 1 aromatic carbocycles. The van der Waals surface area contributed by atoms with Gasteiger partial charge >= 0.3 is 0 Å². The molecule has 1 aliphatic carbocycles. The minimum Gasteiger partial charge on any atom is -0.497 e. The van der Waals surface area contributed by atoms with E-state index in [4.69, 9.17) is 15.2 Å². The number of hydrogen-bond donors (Lipinski definition) is 1. The lowest BCUT2D eigenvalue weighted by molar-refractivity contribution is 0.0201. The highest BCUT2D eigenvalue weighted by atomic mass is 16.5. The summed E-state index contributed by atoms with van der Waals surface area (Å²) in [5, 5.41) is 0. The topological polar surface area (TPSA) is 44.5 Å². The van der Waals surface area contributed by atoms with Gasteiger partial charge in [-0.1, -0.05) is 6.07 Å². The van der Waals surface area contributed by atoms with Gasteiger partial charge in [-0.2, -0.15) is 0 Å². The van der Waals surface area contributed by atoms with Crippen molar-refractivity contribution in [1.82, 2.24) is 0 Å². The average molecular weight is 247 g/mol. The minimum absolute atomic E-state index is 0.218. The van der Waals surface area contributed by atoms with Gasteiger partial charge in [0.1, 0.15) is 5.75 Å². The fourth-order valence-electron chi connectivity index (χ4n) is 3.38. The molecule has 0 aromatic heterocycles. The van der Waals surface area contributed by atoms with Crippen LogP contribution < -0.4 is 10.5 Å². The van der Waals surface area contributed by atoms with E-state index >= 15 is 0 Å². The molecular weight excluding hydrogens is 226 g/mol. The number of methoxy groups -OCH3 is 1. The van der Waals surface area contributed by atoms with Gasteiger partial charge in [0.2, 0.25) is 0 Å². The van der Waals surface area contributed by atoms with E-state index < -0.39 is 0 Å². The van der Waals surface area contributed by atoms with Crippen molar-refractivity contribution in [2.45, 2.75) is 31.2 Å². The van der Waals surface area contributed by atoms with Crippen LogP contribution in [0.2, 0.25) is 0 Å². The molecule has 18 heavy (non-hydrogen) atoms. The highest BCUT2D eigenvalue weighted by Gasteiger charge is 2.42. The van der Waals surface area contributed by atoms with Crippen LogP contribution in [0, 0.1) is 5.92 Å². The fraction of sp³-hybridized carbons (Fsp3) is 0.600. The van der Waals surface area contributed by atoms with E-state index in [2.05, 4.69) is 12.1 Å². The van der Waals surface area contributed by atoms with E-state index in [9.17, 15) is 0 Å². The van der Waals surface area contributed by atoms with Crippen molar-refractivity contribution >= 4 is 0 Å². The maximum atomic E-state index is 6.73. The Labute approximate surface area is 108 Å². The first-order valence-electron chi connectivity index (χ1n) is 6.78. The Bertz CT molecular complexity index is 440. The summed E-state index contributed by atoms with van der Waals surface area (Å²) in [5.74, 6) is 1.35. The van der Waals surface area contributed by atoms with Gasteiger partial charge in [-0.3, -0.25) is 0 Å². The Balaban J connectivity index is 1.95. The van der Waals surface area contributed by atoms with Crippen LogP contribution in [0.4, 0.5) is 0 Å². The Kier molecular flexibility index (Phi) is 3.04. The predicted octanol–water partition coefficient (Wildman–Crippen LogP) is 2.22. The van der Waals surface area contributed by atoms with Gasteiger partial charge in [-0.25, -0.2) is 0 Å². The summed E-state index contributed by atoms with van der Waals surface area (Å²) < 4.78 is 11.0. The number of hydrogen-bond acceptors (Lipinski definition) is 3. The maximum Gasteiger partial charge on any atom is 0.119 e. The second-order valence-electron chi connectivity index (χ2n) is 5.48. The SMILES string of the molecule is COc1ccc2c(c1)C(N)(C1CCCOC1)CC2. The van der Waals surface area contributed by atoms with E-state index in [1.165, 1.54) is 17.5 Å². The van der Waals surface area contributed by atoms with Gasteiger partial charge in [0.15, 0.2) is 0 Å². The molecule has 3 heteroatoms. The number of ether oxygens (including phenoxy) is 2. The molecule has 0 radical (unpaired) electrons. The summed E-state index contributed by atoms with van der Waals surface area (Å²) in [5.41, 5.74) is 9.17. The molecule has 0 spiro atoms. The van der Waals surface area contributed by atoms with Crippen molar-refractivity contribution in [2.75, 3.05) is 20.3 Å². The Hall–Kier alpha value is -1.06. The first-order valence-corrected chi connectivity index (χ1v) is 6.78. The normalized spacial score (nSPS) is 31.1. The molecule has 3 nitrogen and oxygen atoms in total. The van der Waals surface area contributed by atoms with Crippen LogP contribution in [0.5, 0.6) is 5.75 Å². The molecule has 2 unspecified atom stereocenters. The van der Waals surface area contributed by atoms with E-state index in [1.807, 2.05) is 6.07 Å². The number of benzene rings is 1. The minimum atomic E-state index is -0.218. The smallest absolute Gasteiger partial charge is 0.119 e. The van der Waals surface area contributed by atoms with Crippen LogP contribution in [0.1, 0.15) is 30.4 Å². The summed E-state index contributed by atoms with van der Waals surface area (Å²) in [6, 6.07) is 6.31.